The lowest BCUT2D eigenvalue weighted by Crippen LogP contribution is -2.49. The molecule has 1 aliphatic rings. The van der Waals surface area contributed by atoms with Crippen molar-refractivity contribution < 1.29 is 9.21 Å². The van der Waals surface area contributed by atoms with Gasteiger partial charge in [-0.05, 0) is 36.2 Å². The van der Waals surface area contributed by atoms with E-state index < -0.39 is 5.63 Å². The summed E-state index contributed by atoms with van der Waals surface area (Å²) in [6, 6.07) is 14.9. The highest BCUT2D eigenvalue weighted by Crippen LogP contribution is 2.22. The minimum absolute atomic E-state index is 0.0736. The predicted molar refractivity (Wildman–Crippen MR) is 116 cm³/mol. The molecule has 1 fully saturated rings. The molecule has 4 rings (SSSR count). The van der Waals surface area contributed by atoms with Crippen molar-refractivity contribution in [1.29, 1.82) is 0 Å². The fraction of sp³-hybridized carbons (Fsp3) is 0.217. The molecule has 0 spiro atoms. The zero-order valence-electron chi connectivity index (χ0n) is 15.9. The Kier molecular flexibility index (Phi) is 5.41. The highest BCUT2D eigenvalue weighted by atomic mass is 35.5. The zero-order valence-corrected chi connectivity index (χ0v) is 16.7. The predicted octanol–water partition coefficient (Wildman–Crippen LogP) is 4.14. The number of rotatable bonds is 4. The largest absolute Gasteiger partial charge is 0.422 e. The Balaban J connectivity index is 1.54. The van der Waals surface area contributed by atoms with Crippen LogP contribution >= 0.6 is 11.6 Å². The third-order valence-electron chi connectivity index (χ3n) is 5.18. The van der Waals surface area contributed by atoms with Crippen LogP contribution in [0.4, 0.5) is 5.69 Å². The second kappa shape index (κ2) is 8.13. The van der Waals surface area contributed by atoms with Gasteiger partial charge in [0.1, 0.15) is 11.1 Å². The average Bonchev–Trinajstić information content (AvgIpc) is 2.74. The maximum atomic E-state index is 13.0. The van der Waals surface area contributed by atoms with Crippen LogP contribution in [0.1, 0.15) is 15.9 Å². The summed E-state index contributed by atoms with van der Waals surface area (Å²) < 4.78 is 5.52. The third kappa shape index (κ3) is 3.91. The first-order valence-electron chi connectivity index (χ1n) is 9.53. The van der Waals surface area contributed by atoms with Gasteiger partial charge < -0.3 is 14.2 Å². The number of halogens is 1. The molecule has 2 aromatic carbocycles. The van der Waals surface area contributed by atoms with Crippen LogP contribution in [0, 0.1) is 0 Å². The lowest BCUT2D eigenvalue weighted by Gasteiger charge is -2.36. The van der Waals surface area contributed by atoms with Gasteiger partial charge in [-0.1, -0.05) is 41.9 Å². The van der Waals surface area contributed by atoms with Crippen LogP contribution in [0.5, 0.6) is 0 Å². The van der Waals surface area contributed by atoms with E-state index in [0.717, 1.165) is 16.6 Å². The van der Waals surface area contributed by atoms with Crippen LogP contribution in [-0.4, -0.2) is 37.0 Å². The molecule has 5 nitrogen and oxygen atoms in total. The second-order valence-corrected chi connectivity index (χ2v) is 7.47. The monoisotopic (exact) mass is 408 g/mol. The van der Waals surface area contributed by atoms with E-state index in [1.807, 2.05) is 42.5 Å². The smallest absolute Gasteiger partial charge is 0.349 e. The molecule has 0 radical (unpaired) electrons. The van der Waals surface area contributed by atoms with Gasteiger partial charge in [-0.3, -0.25) is 4.79 Å². The van der Waals surface area contributed by atoms with Gasteiger partial charge in [0.15, 0.2) is 0 Å². The fourth-order valence-corrected chi connectivity index (χ4v) is 3.87. The van der Waals surface area contributed by atoms with Crippen LogP contribution in [0.3, 0.4) is 0 Å². The number of fused-ring (bicyclic) bond motifs is 1. The topological polar surface area (TPSA) is 53.8 Å². The Morgan fingerprint density at radius 2 is 1.86 bits per heavy atom. The Labute approximate surface area is 173 Å². The quantitative estimate of drug-likeness (QED) is 0.481. The molecule has 3 aromatic rings. The molecule has 0 saturated carbocycles. The number of nitrogens with zero attached hydrogens (tertiary/aromatic N) is 2. The van der Waals surface area contributed by atoms with Gasteiger partial charge in [0, 0.05) is 42.3 Å². The highest BCUT2D eigenvalue weighted by Gasteiger charge is 2.25. The molecule has 6 heteroatoms. The fourth-order valence-electron chi connectivity index (χ4n) is 3.68. The highest BCUT2D eigenvalue weighted by molar-refractivity contribution is 6.30. The van der Waals surface area contributed by atoms with E-state index in [2.05, 4.69) is 11.5 Å². The van der Waals surface area contributed by atoms with Gasteiger partial charge >= 0.3 is 5.63 Å². The minimum atomic E-state index is -0.601. The Hall–Kier alpha value is -3.05. The first-order valence-corrected chi connectivity index (χ1v) is 9.91. The summed E-state index contributed by atoms with van der Waals surface area (Å²) in [5.74, 6) is -0.291. The number of benzene rings is 2. The van der Waals surface area contributed by atoms with E-state index in [0.29, 0.717) is 43.2 Å². The maximum absolute atomic E-state index is 13.0. The Morgan fingerprint density at radius 1 is 1.10 bits per heavy atom. The molecule has 0 N–H and O–H groups in total. The van der Waals surface area contributed by atoms with E-state index in [4.69, 9.17) is 16.0 Å². The van der Waals surface area contributed by atoms with E-state index in [1.165, 1.54) is 0 Å². The van der Waals surface area contributed by atoms with Gasteiger partial charge in [-0.2, -0.15) is 0 Å². The molecular formula is C23H21ClN2O3. The van der Waals surface area contributed by atoms with Gasteiger partial charge in [0.2, 0.25) is 0 Å². The van der Waals surface area contributed by atoms with Crippen molar-refractivity contribution in [1.82, 2.24) is 4.90 Å². The summed E-state index contributed by atoms with van der Waals surface area (Å²) in [5.41, 5.74) is 1.90. The normalized spacial score (nSPS) is 14.2. The summed E-state index contributed by atoms with van der Waals surface area (Å²) in [7, 11) is 0. The van der Waals surface area contributed by atoms with Gasteiger partial charge in [0.05, 0.1) is 0 Å². The molecule has 0 aliphatic carbocycles. The van der Waals surface area contributed by atoms with Crippen LogP contribution in [0.15, 0.2) is 70.4 Å². The number of carbonyl (C=O) groups excluding carboxylic acids is 1. The summed E-state index contributed by atoms with van der Waals surface area (Å²) in [4.78, 5) is 29.4. The molecule has 0 bridgehead atoms. The Morgan fingerprint density at radius 3 is 2.59 bits per heavy atom. The molecular weight excluding hydrogens is 388 g/mol. The molecule has 29 heavy (non-hydrogen) atoms. The third-order valence-corrected chi connectivity index (χ3v) is 5.41. The van der Waals surface area contributed by atoms with Gasteiger partial charge in [-0.15, -0.1) is 6.58 Å². The van der Waals surface area contributed by atoms with Crippen molar-refractivity contribution in [2.45, 2.75) is 6.42 Å². The molecule has 0 unspecified atom stereocenters. The summed E-state index contributed by atoms with van der Waals surface area (Å²) in [5, 5.41) is 1.43. The van der Waals surface area contributed by atoms with Crippen LogP contribution in [-0.2, 0) is 6.42 Å². The van der Waals surface area contributed by atoms with E-state index in [1.54, 1.807) is 17.0 Å². The van der Waals surface area contributed by atoms with Crippen molar-refractivity contribution in [2.75, 3.05) is 31.1 Å². The number of hydrogen-bond donors (Lipinski definition) is 0. The number of hydrogen-bond acceptors (Lipinski definition) is 4. The molecule has 0 atom stereocenters. The van der Waals surface area contributed by atoms with E-state index in [9.17, 15) is 9.59 Å². The number of piperazine rings is 1. The number of allylic oxidation sites excluding steroid dienone is 1. The maximum Gasteiger partial charge on any atom is 0.349 e. The molecule has 1 aliphatic heterocycles. The van der Waals surface area contributed by atoms with Gasteiger partial charge in [0.25, 0.3) is 5.91 Å². The second-order valence-electron chi connectivity index (χ2n) is 7.03. The number of amides is 1. The van der Waals surface area contributed by atoms with Crippen LogP contribution < -0.4 is 10.5 Å². The number of anilines is 1. The van der Waals surface area contributed by atoms with Crippen molar-refractivity contribution >= 4 is 34.2 Å². The molecule has 1 amide bonds. The van der Waals surface area contributed by atoms with Crippen molar-refractivity contribution in [3.63, 3.8) is 0 Å². The minimum Gasteiger partial charge on any atom is -0.422 e. The Bertz CT molecular complexity index is 1130. The lowest BCUT2D eigenvalue weighted by molar-refractivity contribution is 0.0742. The number of para-hydroxylation sites is 1. The van der Waals surface area contributed by atoms with Crippen molar-refractivity contribution in [3.8, 4) is 0 Å². The molecule has 148 valence electrons. The molecule has 1 saturated heterocycles. The van der Waals surface area contributed by atoms with Crippen molar-refractivity contribution in [2.24, 2.45) is 0 Å². The van der Waals surface area contributed by atoms with Crippen LogP contribution in [0.25, 0.3) is 11.0 Å². The van der Waals surface area contributed by atoms with E-state index >= 15 is 0 Å². The first-order chi connectivity index (χ1) is 14.1. The summed E-state index contributed by atoms with van der Waals surface area (Å²) >= 11 is 6.08. The zero-order chi connectivity index (χ0) is 20.4. The molecule has 1 aromatic heterocycles. The van der Waals surface area contributed by atoms with Crippen LogP contribution in [0.2, 0.25) is 5.02 Å². The molecule has 2 heterocycles. The van der Waals surface area contributed by atoms with Gasteiger partial charge in [-0.25, -0.2) is 4.79 Å². The lowest BCUT2D eigenvalue weighted by atomic mass is 10.1. The average molecular weight is 409 g/mol. The van der Waals surface area contributed by atoms with Crippen molar-refractivity contribution in [3.05, 3.63) is 87.8 Å². The summed E-state index contributed by atoms with van der Waals surface area (Å²) in [6.07, 6.45) is 2.35. The number of carbonyl (C=O) groups is 1. The van der Waals surface area contributed by atoms with E-state index in [-0.39, 0.29) is 11.5 Å². The first kappa shape index (κ1) is 19.3. The SMILES string of the molecule is C=CCc1cccc2cc(C(=O)N3CCN(c4cccc(Cl)c4)CC3)c(=O)oc12. The standard InChI is InChI=1S/C23H21ClN2O3/c1-2-5-16-6-3-7-17-14-20(23(28)29-21(16)17)22(27)26-12-10-25(11-13-26)19-9-4-8-18(24)15-19/h2-4,6-9,14-15H,1,5,10-13H2. The summed E-state index contributed by atoms with van der Waals surface area (Å²) in [6.45, 7) is 6.14.